The SMILES string of the molecule is O=C(N[C@@H](CCN1CCC2(CC1)CC(=O)N(Cc1ccc(F)cc1)C2)c1ccccc1)C1CC1. The lowest BCUT2D eigenvalue weighted by Crippen LogP contribution is -2.42. The lowest BCUT2D eigenvalue weighted by atomic mass is 9.77. The molecule has 1 spiro atoms. The van der Waals surface area contributed by atoms with Crippen LogP contribution in [0.5, 0.6) is 0 Å². The first-order chi connectivity index (χ1) is 16.5. The molecule has 180 valence electrons. The van der Waals surface area contributed by atoms with E-state index in [4.69, 9.17) is 0 Å². The van der Waals surface area contributed by atoms with E-state index in [2.05, 4.69) is 22.3 Å². The highest BCUT2D eigenvalue weighted by atomic mass is 19.1. The van der Waals surface area contributed by atoms with Gasteiger partial charge in [-0.2, -0.15) is 0 Å². The molecule has 0 bridgehead atoms. The normalized spacial score (nSPS) is 21.1. The van der Waals surface area contributed by atoms with Gasteiger partial charge in [0.05, 0.1) is 6.04 Å². The van der Waals surface area contributed by atoms with Gasteiger partial charge in [-0.05, 0) is 73.9 Å². The summed E-state index contributed by atoms with van der Waals surface area (Å²) in [5.41, 5.74) is 2.21. The van der Waals surface area contributed by atoms with Crippen molar-refractivity contribution in [1.82, 2.24) is 15.1 Å². The van der Waals surface area contributed by atoms with Gasteiger partial charge >= 0.3 is 0 Å². The predicted molar refractivity (Wildman–Crippen MR) is 129 cm³/mol. The van der Waals surface area contributed by atoms with Gasteiger partial charge in [0.2, 0.25) is 11.8 Å². The third kappa shape index (κ3) is 5.49. The molecule has 2 amide bonds. The summed E-state index contributed by atoms with van der Waals surface area (Å²) >= 11 is 0. The summed E-state index contributed by atoms with van der Waals surface area (Å²) in [5, 5.41) is 3.28. The molecule has 3 aliphatic rings. The minimum absolute atomic E-state index is 0.0458. The number of piperidine rings is 1. The Bertz CT molecular complexity index is 998. The second-order valence-electron chi connectivity index (χ2n) is 10.4. The Balaban J connectivity index is 1.13. The number of nitrogens with one attached hydrogen (secondary N) is 1. The molecular weight excluding hydrogens is 429 g/mol. The van der Waals surface area contributed by atoms with Crippen molar-refractivity contribution in [2.45, 2.75) is 51.1 Å². The molecule has 1 saturated carbocycles. The summed E-state index contributed by atoms with van der Waals surface area (Å²) in [6, 6.07) is 16.8. The molecule has 0 unspecified atom stereocenters. The number of rotatable bonds is 8. The van der Waals surface area contributed by atoms with Gasteiger partial charge in [-0.25, -0.2) is 4.39 Å². The molecule has 0 radical (unpaired) electrons. The molecule has 1 aliphatic carbocycles. The van der Waals surface area contributed by atoms with Crippen molar-refractivity contribution in [2.75, 3.05) is 26.2 Å². The number of hydrogen-bond acceptors (Lipinski definition) is 3. The molecule has 2 saturated heterocycles. The van der Waals surface area contributed by atoms with E-state index in [0.717, 1.165) is 63.8 Å². The van der Waals surface area contributed by atoms with Crippen LogP contribution < -0.4 is 5.32 Å². The number of likely N-dealkylation sites (tertiary alicyclic amines) is 2. The summed E-state index contributed by atoms with van der Waals surface area (Å²) in [6.45, 7) is 4.25. The van der Waals surface area contributed by atoms with E-state index in [1.165, 1.54) is 17.7 Å². The van der Waals surface area contributed by atoms with Crippen molar-refractivity contribution in [3.63, 3.8) is 0 Å². The van der Waals surface area contributed by atoms with E-state index < -0.39 is 0 Å². The molecule has 5 rings (SSSR count). The van der Waals surface area contributed by atoms with Crippen molar-refractivity contribution in [3.05, 3.63) is 71.5 Å². The summed E-state index contributed by atoms with van der Waals surface area (Å²) in [6.07, 6.45) is 5.57. The summed E-state index contributed by atoms with van der Waals surface area (Å²) in [5.74, 6) is 0.364. The van der Waals surface area contributed by atoms with Crippen molar-refractivity contribution in [2.24, 2.45) is 11.3 Å². The summed E-state index contributed by atoms with van der Waals surface area (Å²) in [4.78, 5) is 29.6. The van der Waals surface area contributed by atoms with Crippen LogP contribution in [0.15, 0.2) is 54.6 Å². The van der Waals surface area contributed by atoms with Gasteiger partial charge < -0.3 is 15.1 Å². The minimum atomic E-state index is -0.248. The molecule has 2 heterocycles. The maximum atomic E-state index is 13.2. The molecule has 0 aromatic heterocycles. The van der Waals surface area contributed by atoms with Crippen molar-refractivity contribution in [3.8, 4) is 0 Å². The van der Waals surface area contributed by atoms with E-state index in [1.54, 1.807) is 12.1 Å². The van der Waals surface area contributed by atoms with Gasteiger partial charge in [0.25, 0.3) is 0 Å². The van der Waals surface area contributed by atoms with Crippen LogP contribution in [0.1, 0.15) is 55.7 Å². The molecule has 5 nitrogen and oxygen atoms in total. The topological polar surface area (TPSA) is 52.7 Å². The van der Waals surface area contributed by atoms with E-state index in [0.29, 0.717) is 13.0 Å². The van der Waals surface area contributed by atoms with Crippen LogP contribution in [-0.4, -0.2) is 47.8 Å². The average molecular weight is 464 g/mol. The Morgan fingerprint density at radius 2 is 1.76 bits per heavy atom. The third-order valence-corrected chi connectivity index (χ3v) is 7.81. The van der Waals surface area contributed by atoms with Gasteiger partial charge in [-0.1, -0.05) is 42.5 Å². The first kappa shape index (κ1) is 23.0. The predicted octanol–water partition coefficient (Wildman–Crippen LogP) is 4.30. The van der Waals surface area contributed by atoms with Crippen LogP contribution in [-0.2, 0) is 16.1 Å². The fourth-order valence-corrected chi connectivity index (χ4v) is 5.48. The Labute approximate surface area is 201 Å². The van der Waals surface area contributed by atoms with Gasteiger partial charge in [0.15, 0.2) is 0 Å². The van der Waals surface area contributed by atoms with Gasteiger partial charge in [-0.15, -0.1) is 0 Å². The van der Waals surface area contributed by atoms with Crippen molar-refractivity contribution >= 4 is 11.8 Å². The molecule has 1 atom stereocenters. The van der Waals surface area contributed by atoms with Crippen LogP contribution in [0, 0.1) is 17.2 Å². The number of halogens is 1. The van der Waals surface area contributed by atoms with Gasteiger partial charge in [0, 0.05) is 32.0 Å². The fourth-order valence-electron chi connectivity index (χ4n) is 5.48. The highest BCUT2D eigenvalue weighted by Crippen LogP contribution is 2.41. The Morgan fingerprint density at radius 1 is 1.06 bits per heavy atom. The zero-order valence-electron chi connectivity index (χ0n) is 19.7. The van der Waals surface area contributed by atoms with Gasteiger partial charge in [-0.3, -0.25) is 9.59 Å². The largest absolute Gasteiger partial charge is 0.349 e. The Morgan fingerprint density at radius 3 is 2.44 bits per heavy atom. The number of hydrogen-bond donors (Lipinski definition) is 1. The summed E-state index contributed by atoms with van der Waals surface area (Å²) < 4.78 is 13.2. The molecular formula is C28H34FN3O2. The van der Waals surface area contributed by atoms with E-state index in [1.807, 2.05) is 23.1 Å². The van der Waals surface area contributed by atoms with E-state index in [9.17, 15) is 14.0 Å². The molecule has 6 heteroatoms. The first-order valence-corrected chi connectivity index (χ1v) is 12.6. The summed E-state index contributed by atoms with van der Waals surface area (Å²) in [7, 11) is 0. The van der Waals surface area contributed by atoms with E-state index in [-0.39, 0.29) is 35.0 Å². The number of carbonyl (C=O) groups is 2. The number of carbonyl (C=O) groups excluding carboxylic acids is 2. The maximum absolute atomic E-state index is 13.2. The monoisotopic (exact) mass is 463 g/mol. The van der Waals surface area contributed by atoms with Crippen LogP contribution in [0.25, 0.3) is 0 Å². The molecule has 2 aliphatic heterocycles. The van der Waals surface area contributed by atoms with Crippen molar-refractivity contribution in [1.29, 1.82) is 0 Å². The van der Waals surface area contributed by atoms with Crippen LogP contribution in [0.2, 0.25) is 0 Å². The van der Waals surface area contributed by atoms with Crippen molar-refractivity contribution < 1.29 is 14.0 Å². The quantitative estimate of drug-likeness (QED) is 0.635. The molecule has 1 N–H and O–H groups in total. The second kappa shape index (κ2) is 9.87. The Kier molecular flexibility index (Phi) is 6.68. The van der Waals surface area contributed by atoms with E-state index >= 15 is 0 Å². The smallest absolute Gasteiger partial charge is 0.223 e. The lowest BCUT2D eigenvalue weighted by Gasteiger charge is -2.39. The number of amides is 2. The molecule has 2 aromatic rings. The maximum Gasteiger partial charge on any atom is 0.223 e. The highest BCUT2D eigenvalue weighted by Gasteiger charge is 2.44. The van der Waals surface area contributed by atoms with Crippen LogP contribution >= 0.6 is 0 Å². The third-order valence-electron chi connectivity index (χ3n) is 7.81. The zero-order valence-corrected chi connectivity index (χ0v) is 19.7. The van der Waals surface area contributed by atoms with Crippen LogP contribution in [0.3, 0.4) is 0 Å². The lowest BCUT2D eigenvalue weighted by molar-refractivity contribution is -0.128. The number of benzene rings is 2. The minimum Gasteiger partial charge on any atom is -0.349 e. The van der Waals surface area contributed by atoms with Crippen LogP contribution in [0.4, 0.5) is 4.39 Å². The standard InChI is InChI=1S/C28H34FN3O2/c29-24-10-6-21(7-11-24)19-32-20-28(18-26(32)33)13-16-31(17-14-28)15-12-25(22-4-2-1-3-5-22)30-27(34)23-8-9-23/h1-7,10-11,23,25H,8-9,12-20H2,(H,30,34)/t25-/m0/s1. The second-order valence-corrected chi connectivity index (χ2v) is 10.4. The van der Waals surface area contributed by atoms with Gasteiger partial charge in [0.1, 0.15) is 5.82 Å². The highest BCUT2D eigenvalue weighted by molar-refractivity contribution is 5.81. The Hall–Kier alpha value is -2.73. The molecule has 3 fully saturated rings. The average Bonchev–Trinajstić information content (AvgIpc) is 3.66. The molecule has 2 aromatic carbocycles. The first-order valence-electron chi connectivity index (χ1n) is 12.6. The fraction of sp³-hybridized carbons (Fsp3) is 0.500. The molecule has 34 heavy (non-hydrogen) atoms. The zero-order chi connectivity index (χ0) is 23.5. The number of nitrogens with zero attached hydrogens (tertiary/aromatic N) is 2.